The summed E-state index contributed by atoms with van der Waals surface area (Å²) < 4.78 is 0. The SMILES string of the molecule is CC.CCC.Cc1ccccc1CCO. The van der Waals surface area contributed by atoms with Gasteiger partial charge in [-0.25, -0.2) is 0 Å². The summed E-state index contributed by atoms with van der Waals surface area (Å²) >= 11 is 0. The lowest BCUT2D eigenvalue weighted by Gasteiger charge is -2.00. The summed E-state index contributed by atoms with van der Waals surface area (Å²) in [5.41, 5.74) is 2.50. The molecule has 0 radical (unpaired) electrons. The van der Waals surface area contributed by atoms with Gasteiger partial charge in [-0.2, -0.15) is 0 Å². The van der Waals surface area contributed by atoms with Crippen molar-refractivity contribution in [2.24, 2.45) is 0 Å². The molecule has 0 fully saturated rings. The smallest absolute Gasteiger partial charge is 0.0471 e. The highest BCUT2D eigenvalue weighted by Crippen LogP contribution is 2.06. The molecule has 0 amide bonds. The van der Waals surface area contributed by atoms with E-state index in [-0.39, 0.29) is 6.61 Å². The van der Waals surface area contributed by atoms with Gasteiger partial charge in [-0.1, -0.05) is 58.4 Å². The molecule has 0 aliphatic carbocycles. The molecule has 15 heavy (non-hydrogen) atoms. The summed E-state index contributed by atoms with van der Waals surface area (Å²) in [7, 11) is 0. The summed E-state index contributed by atoms with van der Waals surface area (Å²) in [5.74, 6) is 0. The topological polar surface area (TPSA) is 20.2 Å². The van der Waals surface area contributed by atoms with Crippen LogP contribution in [0.4, 0.5) is 0 Å². The van der Waals surface area contributed by atoms with Crippen LogP contribution in [0.3, 0.4) is 0 Å². The maximum absolute atomic E-state index is 8.64. The molecule has 1 aromatic rings. The predicted octanol–water partition coefficient (Wildman–Crippen LogP) is 3.97. The van der Waals surface area contributed by atoms with Gasteiger partial charge < -0.3 is 5.11 Å². The third-order valence-electron chi connectivity index (χ3n) is 1.64. The van der Waals surface area contributed by atoms with Gasteiger partial charge in [0, 0.05) is 6.61 Å². The van der Waals surface area contributed by atoms with E-state index in [1.165, 1.54) is 17.5 Å². The number of rotatable bonds is 2. The highest BCUT2D eigenvalue weighted by Gasteiger charge is 1.93. The van der Waals surface area contributed by atoms with Crippen molar-refractivity contribution in [1.29, 1.82) is 0 Å². The lowest BCUT2D eigenvalue weighted by molar-refractivity contribution is 0.299. The van der Waals surface area contributed by atoms with E-state index in [0.29, 0.717) is 0 Å². The summed E-state index contributed by atoms with van der Waals surface area (Å²) in [5, 5.41) is 8.64. The van der Waals surface area contributed by atoms with Crippen LogP contribution < -0.4 is 0 Å². The summed E-state index contributed by atoms with van der Waals surface area (Å²) in [6.07, 6.45) is 2.02. The van der Waals surface area contributed by atoms with Crippen LogP contribution >= 0.6 is 0 Å². The van der Waals surface area contributed by atoms with Crippen molar-refractivity contribution in [1.82, 2.24) is 0 Å². The first kappa shape index (κ1) is 16.6. The van der Waals surface area contributed by atoms with Gasteiger partial charge in [0.2, 0.25) is 0 Å². The van der Waals surface area contributed by atoms with E-state index in [4.69, 9.17) is 5.11 Å². The number of hydrogen-bond acceptors (Lipinski definition) is 1. The minimum Gasteiger partial charge on any atom is -0.396 e. The molecule has 0 heterocycles. The molecule has 1 heteroatoms. The fourth-order valence-electron chi connectivity index (χ4n) is 1.01. The van der Waals surface area contributed by atoms with Crippen molar-refractivity contribution in [2.45, 2.75) is 47.5 Å². The molecule has 0 spiro atoms. The molecule has 0 aromatic heterocycles. The van der Waals surface area contributed by atoms with Gasteiger partial charge in [0.25, 0.3) is 0 Å². The maximum atomic E-state index is 8.64. The van der Waals surface area contributed by atoms with Crippen molar-refractivity contribution >= 4 is 0 Å². The first-order valence-corrected chi connectivity index (χ1v) is 5.91. The van der Waals surface area contributed by atoms with E-state index in [0.717, 1.165) is 6.42 Å². The fraction of sp³-hybridized carbons (Fsp3) is 0.571. The molecule has 1 aromatic carbocycles. The Balaban J connectivity index is 0. The summed E-state index contributed by atoms with van der Waals surface area (Å²) in [4.78, 5) is 0. The van der Waals surface area contributed by atoms with Crippen LogP contribution in [-0.2, 0) is 6.42 Å². The molecule has 88 valence electrons. The number of benzene rings is 1. The van der Waals surface area contributed by atoms with Crippen molar-refractivity contribution < 1.29 is 5.11 Å². The Morgan fingerprint density at radius 3 is 1.93 bits per heavy atom. The van der Waals surface area contributed by atoms with Gasteiger partial charge in [0.05, 0.1) is 0 Å². The fourth-order valence-corrected chi connectivity index (χ4v) is 1.01. The second kappa shape index (κ2) is 13.2. The van der Waals surface area contributed by atoms with Gasteiger partial charge in [0.1, 0.15) is 0 Å². The van der Waals surface area contributed by atoms with E-state index in [1.807, 2.05) is 32.0 Å². The van der Waals surface area contributed by atoms with Crippen molar-refractivity contribution in [3.05, 3.63) is 35.4 Å². The lowest BCUT2D eigenvalue weighted by Crippen LogP contribution is -1.92. The number of hydrogen-bond donors (Lipinski definition) is 1. The van der Waals surface area contributed by atoms with E-state index in [9.17, 15) is 0 Å². The second-order valence-corrected chi connectivity index (χ2v) is 3.11. The molecule has 0 unspecified atom stereocenters. The van der Waals surface area contributed by atoms with E-state index in [1.54, 1.807) is 0 Å². The van der Waals surface area contributed by atoms with Gasteiger partial charge in [0.15, 0.2) is 0 Å². The summed E-state index contributed by atoms with van der Waals surface area (Å²) in [6.45, 7) is 10.6. The molecule has 0 saturated carbocycles. The molecular formula is C14H26O. The third kappa shape index (κ3) is 9.48. The Hall–Kier alpha value is -0.820. The molecule has 0 saturated heterocycles. The van der Waals surface area contributed by atoms with Crippen LogP contribution in [0.25, 0.3) is 0 Å². The zero-order valence-electron chi connectivity index (χ0n) is 10.9. The van der Waals surface area contributed by atoms with E-state index in [2.05, 4.69) is 26.8 Å². The standard InChI is InChI=1S/C9H12O.C3H8.C2H6/c1-8-4-2-3-5-9(8)6-7-10;1-3-2;1-2/h2-5,10H,6-7H2,1H3;3H2,1-2H3;1-2H3. The molecular weight excluding hydrogens is 184 g/mol. The average molecular weight is 210 g/mol. The van der Waals surface area contributed by atoms with Crippen LogP contribution in [-0.4, -0.2) is 11.7 Å². The Morgan fingerprint density at radius 1 is 1.07 bits per heavy atom. The largest absolute Gasteiger partial charge is 0.396 e. The minimum absolute atomic E-state index is 0.241. The van der Waals surface area contributed by atoms with E-state index < -0.39 is 0 Å². The molecule has 1 N–H and O–H groups in total. The van der Waals surface area contributed by atoms with Crippen LogP contribution in [0.1, 0.15) is 45.2 Å². The molecule has 0 aliphatic rings. The van der Waals surface area contributed by atoms with Gasteiger partial charge in [-0.05, 0) is 24.5 Å². The zero-order valence-corrected chi connectivity index (χ0v) is 10.9. The molecule has 0 bridgehead atoms. The quantitative estimate of drug-likeness (QED) is 0.783. The lowest BCUT2D eigenvalue weighted by atomic mass is 10.1. The van der Waals surface area contributed by atoms with Crippen molar-refractivity contribution in [2.75, 3.05) is 6.61 Å². The van der Waals surface area contributed by atoms with Crippen LogP contribution in [0, 0.1) is 6.92 Å². The maximum Gasteiger partial charge on any atom is 0.0471 e. The van der Waals surface area contributed by atoms with Crippen LogP contribution in [0.15, 0.2) is 24.3 Å². The van der Waals surface area contributed by atoms with Crippen molar-refractivity contribution in [3.63, 3.8) is 0 Å². The predicted molar refractivity (Wildman–Crippen MR) is 69.3 cm³/mol. The minimum atomic E-state index is 0.241. The van der Waals surface area contributed by atoms with Crippen molar-refractivity contribution in [3.8, 4) is 0 Å². The molecule has 1 nitrogen and oxygen atoms in total. The zero-order chi connectivity index (χ0) is 12.1. The second-order valence-electron chi connectivity index (χ2n) is 3.11. The molecule has 0 aliphatic heterocycles. The highest BCUT2D eigenvalue weighted by molar-refractivity contribution is 5.25. The molecule has 0 atom stereocenters. The number of aliphatic hydroxyl groups excluding tert-OH is 1. The normalized spacial score (nSPS) is 8.13. The van der Waals surface area contributed by atoms with Crippen LogP contribution in [0.5, 0.6) is 0 Å². The Bertz CT molecular complexity index is 218. The van der Waals surface area contributed by atoms with Crippen LogP contribution in [0.2, 0.25) is 0 Å². The first-order valence-electron chi connectivity index (χ1n) is 5.91. The molecule has 1 rings (SSSR count). The summed E-state index contributed by atoms with van der Waals surface area (Å²) in [6, 6.07) is 8.12. The Morgan fingerprint density at radius 2 is 1.53 bits per heavy atom. The number of aliphatic hydroxyl groups is 1. The average Bonchev–Trinajstić information content (AvgIpc) is 2.26. The first-order chi connectivity index (χ1) is 7.26. The Kier molecular flexibility index (Phi) is 14.6. The Labute approximate surface area is 95.2 Å². The van der Waals surface area contributed by atoms with Gasteiger partial charge >= 0.3 is 0 Å². The monoisotopic (exact) mass is 210 g/mol. The third-order valence-corrected chi connectivity index (χ3v) is 1.64. The number of aryl methyl sites for hydroxylation is 1. The van der Waals surface area contributed by atoms with Gasteiger partial charge in [-0.3, -0.25) is 0 Å². The highest BCUT2D eigenvalue weighted by atomic mass is 16.2. The van der Waals surface area contributed by atoms with Gasteiger partial charge in [-0.15, -0.1) is 0 Å². The van der Waals surface area contributed by atoms with E-state index >= 15 is 0 Å².